The fourth-order valence-electron chi connectivity index (χ4n) is 3.58. The van der Waals surface area contributed by atoms with Crippen molar-refractivity contribution in [2.24, 2.45) is 11.0 Å². The number of hydrazone groups is 1. The van der Waals surface area contributed by atoms with E-state index in [0.717, 1.165) is 17.9 Å². The molecule has 2 aliphatic rings. The van der Waals surface area contributed by atoms with Crippen LogP contribution in [0.4, 0.5) is 4.79 Å². The number of amides is 3. The number of benzene rings is 1. The topological polar surface area (TPSA) is 89.5 Å². The Hall–Kier alpha value is -2.77. The Labute approximate surface area is 158 Å². The van der Waals surface area contributed by atoms with Crippen molar-refractivity contribution >= 4 is 18.2 Å². The monoisotopic (exact) mass is 375 g/mol. The maximum absolute atomic E-state index is 12.9. The number of ether oxygens (including phenoxy) is 3. The molecule has 1 aromatic carbocycles. The number of hydrogen-bond acceptors (Lipinski definition) is 6. The number of nitrogens with zero attached hydrogens (tertiary/aromatic N) is 2. The van der Waals surface area contributed by atoms with Crippen LogP contribution in [0.5, 0.6) is 17.2 Å². The van der Waals surface area contributed by atoms with Crippen LogP contribution in [0.2, 0.25) is 0 Å². The van der Waals surface area contributed by atoms with Gasteiger partial charge in [0, 0.05) is 12.1 Å². The van der Waals surface area contributed by atoms with E-state index >= 15 is 0 Å². The molecular formula is C19H25N3O5. The van der Waals surface area contributed by atoms with E-state index in [4.69, 9.17) is 14.2 Å². The Kier molecular flexibility index (Phi) is 5.25. The lowest BCUT2D eigenvalue weighted by Crippen LogP contribution is -2.49. The van der Waals surface area contributed by atoms with Crippen LogP contribution in [-0.4, -0.2) is 50.0 Å². The fourth-order valence-corrected chi connectivity index (χ4v) is 3.58. The van der Waals surface area contributed by atoms with E-state index in [1.807, 2.05) is 0 Å². The molecule has 146 valence electrons. The van der Waals surface area contributed by atoms with Gasteiger partial charge < -0.3 is 19.5 Å². The van der Waals surface area contributed by atoms with Crippen molar-refractivity contribution in [2.45, 2.75) is 38.1 Å². The highest BCUT2D eigenvalue weighted by molar-refractivity contribution is 6.07. The van der Waals surface area contributed by atoms with E-state index in [2.05, 4.69) is 17.3 Å². The molecule has 0 radical (unpaired) electrons. The summed E-state index contributed by atoms with van der Waals surface area (Å²) in [6.45, 7) is 2.16. The molecule has 1 aromatic rings. The van der Waals surface area contributed by atoms with Gasteiger partial charge in [0.15, 0.2) is 0 Å². The average molecular weight is 375 g/mol. The molecule has 1 N–H and O–H groups in total. The zero-order valence-corrected chi connectivity index (χ0v) is 16.1. The molecule has 0 aromatic heterocycles. The van der Waals surface area contributed by atoms with Crippen molar-refractivity contribution < 1.29 is 23.8 Å². The Morgan fingerprint density at radius 3 is 2.22 bits per heavy atom. The number of hydrogen-bond donors (Lipinski definition) is 1. The summed E-state index contributed by atoms with van der Waals surface area (Å²) >= 11 is 0. The van der Waals surface area contributed by atoms with Crippen LogP contribution in [0, 0.1) is 5.92 Å². The van der Waals surface area contributed by atoms with Gasteiger partial charge in [-0.15, -0.1) is 5.01 Å². The molecule has 8 heteroatoms. The number of nitrogens with one attached hydrogen (secondary N) is 1. The fraction of sp³-hybridized carbons (Fsp3) is 0.526. The van der Waals surface area contributed by atoms with Crippen molar-refractivity contribution in [3.05, 3.63) is 17.7 Å². The first-order chi connectivity index (χ1) is 12.9. The van der Waals surface area contributed by atoms with Crippen LogP contribution in [-0.2, 0) is 4.79 Å². The summed E-state index contributed by atoms with van der Waals surface area (Å²) in [4.78, 5) is 25.2. The van der Waals surface area contributed by atoms with Gasteiger partial charge in [-0.05, 0) is 31.6 Å². The third-order valence-corrected chi connectivity index (χ3v) is 5.32. The second kappa shape index (κ2) is 7.46. The summed E-state index contributed by atoms with van der Waals surface area (Å²) in [5.41, 5.74) is -0.311. The minimum atomic E-state index is -0.824. The summed E-state index contributed by atoms with van der Waals surface area (Å²) in [5, 5.41) is 7.89. The van der Waals surface area contributed by atoms with E-state index in [1.54, 1.807) is 19.2 Å². The predicted octanol–water partition coefficient (Wildman–Crippen LogP) is 2.55. The minimum Gasteiger partial charge on any atom is -0.496 e. The minimum absolute atomic E-state index is 0.304. The summed E-state index contributed by atoms with van der Waals surface area (Å²) in [6, 6.07) is 2.86. The Balaban J connectivity index is 1.88. The third kappa shape index (κ3) is 3.43. The molecule has 3 rings (SSSR count). The average Bonchev–Trinajstić information content (AvgIpc) is 2.91. The molecule has 2 fully saturated rings. The van der Waals surface area contributed by atoms with Gasteiger partial charge in [-0.25, -0.2) is 4.79 Å². The van der Waals surface area contributed by atoms with Crippen molar-refractivity contribution in [1.29, 1.82) is 0 Å². The molecule has 3 amide bonds. The van der Waals surface area contributed by atoms with Crippen LogP contribution in [0.25, 0.3) is 0 Å². The largest absolute Gasteiger partial charge is 0.496 e. The second-order valence-corrected chi connectivity index (χ2v) is 7.00. The van der Waals surface area contributed by atoms with Crippen molar-refractivity contribution in [3.63, 3.8) is 0 Å². The molecule has 1 saturated heterocycles. The Morgan fingerprint density at radius 2 is 1.70 bits per heavy atom. The highest BCUT2D eigenvalue weighted by Crippen LogP contribution is 2.37. The molecule has 0 atom stereocenters. The second-order valence-electron chi connectivity index (χ2n) is 7.00. The van der Waals surface area contributed by atoms with E-state index < -0.39 is 11.6 Å². The van der Waals surface area contributed by atoms with Gasteiger partial charge in [-0.3, -0.25) is 4.79 Å². The highest BCUT2D eigenvalue weighted by Gasteiger charge is 2.52. The first-order valence-electron chi connectivity index (χ1n) is 8.95. The first-order valence-corrected chi connectivity index (χ1v) is 8.95. The zero-order chi connectivity index (χ0) is 19.6. The van der Waals surface area contributed by atoms with Gasteiger partial charge in [0.25, 0.3) is 5.91 Å². The lowest BCUT2D eigenvalue weighted by molar-refractivity contribution is -0.132. The van der Waals surface area contributed by atoms with E-state index in [-0.39, 0.29) is 5.91 Å². The lowest BCUT2D eigenvalue weighted by Gasteiger charge is -2.33. The maximum Gasteiger partial charge on any atom is 0.346 e. The molecule has 1 aliphatic heterocycles. The third-order valence-electron chi connectivity index (χ3n) is 5.32. The molecule has 27 heavy (non-hydrogen) atoms. The normalized spacial score (nSPS) is 25.2. The zero-order valence-electron chi connectivity index (χ0n) is 16.1. The summed E-state index contributed by atoms with van der Waals surface area (Å²) in [7, 11) is 4.56. The van der Waals surface area contributed by atoms with Gasteiger partial charge in [0.05, 0.1) is 33.1 Å². The van der Waals surface area contributed by atoms with E-state index in [9.17, 15) is 9.59 Å². The summed E-state index contributed by atoms with van der Waals surface area (Å²) in [5.74, 6) is 1.74. The number of carbonyl (C=O) groups excluding carboxylic acids is 2. The van der Waals surface area contributed by atoms with Crippen molar-refractivity contribution in [2.75, 3.05) is 21.3 Å². The Morgan fingerprint density at radius 1 is 1.11 bits per heavy atom. The standard InChI is InChI=1S/C19H25N3O5/c1-12-5-7-19(8-6-12)17(23)22(18(24)21-19)20-11-14-15(26-3)9-13(25-2)10-16(14)27-4/h9-12H,5-8H2,1-4H3,(H,21,24)/b20-11-. The molecule has 8 nitrogen and oxygen atoms in total. The molecule has 1 aliphatic carbocycles. The van der Waals surface area contributed by atoms with Crippen molar-refractivity contribution in [1.82, 2.24) is 10.3 Å². The number of methoxy groups -OCH3 is 3. The molecule has 0 unspecified atom stereocenters. The molecule has 0 bridgehead atoms. The molecular weight excluding hydrogens is 350 g/mol. The van der Waals surface area contributed by atoms with Crippen LogP contribution in [0.1, 0.15) is 38.2 Å². The van der Waals surface area contributed by atoms with Crippen molar-refractivity contribution in [3.8, 4) is 17.2 Å². The van der Waals surface area contributed by atoms with Crippen LogP contribution < -0.4 is 19.5 Å². The van der Waals surface area contributed by atoms with Gasteiger partial charge in [0.2, 0.25) is 0 Å². The van der Waals surface area contributed by atoms with Gasteiger partial charge in [0.1, 0.15) is 22.8 Å². The first kappa shape index (κ1) is 19.0. The Bertz CT molecular complexity index is 744. The molecule has 1 saturated carbocycles. The number of urea groups is 1. The van der Waals surface area contributed by atoms with Gasteiger partial charge >= 0.3 is 6.03 Å². The van der Waals surface area contributed by atoms with Gasteiger partial charge in [-0.2, -0.15) is 5.10 Å². The predicted molar refractivity (Wildman–Crippen MR) is 99.4 cm³/mol. The number of imide groups is 1. The highest BCUT2D eigenvalue weighted by atomic mass is 16.5. The van der Waals surface area contributed by atoms with Gasteiger partial charge in [-0.1, -0.05) is 6.92 Å². The SMILES string of the molecule is COc1cc(OC)c(/C=N\N2C(=O)NC3(CCC(C)CC3)C2=O)c(OC)c1. The molecule has 1 heterocycles. The number of rotatable bonds is 5. The maximum atomic E-state index is 12.9. The smallest absolute Gasteiger partial charge is 0.346 e. The quantitative estimate of drug-likeness (QED) is 0.631. The number of carbonyl (C=O) groups is 2. The summed E-state index contributed by atoms with van der Waals surface area (Å²) in [6.07, 6.45) is 4.49. The van der Waals surface area contributed by atoms with E-state index in [0.29, 0.717) is 41.6 Å². The molecule has 1 spiro atoms. The summed E-state index contributed by atoms with van der Waals surface area (Å²) < 4.78 is 15.9. The van der Waals surface area contributed by atoms with E-state index in [1.165, 1.54) is 20.4 Å². The van der Waals surface area contributed by atoms with Crippen LogP contribution in [0.15, 0.2) is 17.2 Å². The van der Waals surface area contributed by atoms with Crippen LogP contribution >= 0.6 is 0 Å². The van der Waals surface area contributed by atoms with Crippen LogP contribution in [0.3, 0.4) is 0 Å². The lowest BCUT2D eigenvalue weighted by atomic mass is 9.77.